The van der Waals surface area contributed by atoms with Crippen LogP contribution in [0, 0.1) is 13.8 Å². The van der Waals surface area contributed by atoms with Crippen LogP contribution >= 0.6 is 0 Å². The smallest absolute Gasteiger partial charge is 0.309 e. The van der Waals surface area contributed by atoms with Crippen molar-refractivity contribution in [3.05, 3.63) is 59.5 Å². The summed E-state index contributed by atoms with van der Waals surface area (Å²) in [5.41, 5.74) is 6.53. The average Bonchev–Trinajstić information content (AvgIpc) is 3.04. The summed E-state index contributed by atoms with van der Waals surface area (Å²) in [4.78, 5) is 20.1. The van der Waals surface area contributed by atoms with Gasteiger partial charge >= 0.3 is 5.97 Å². The molecule has 1 aromatic carbocycles. The summed E-state index contributed by atoms with van der Waals surface area (Å²) in [6.45, 7) is 8.23. The Hall–Kier alpha value is -3.02. The van der Waals surface area contributed by atoms with Crippen LogP contribution in [0.2, 0.25) is 0 Å². The first-order valence-electron chi connectivity index (χ1n) is 9.27. The molecule has 1 N–H and O–H groups in total. The number of benzene rings is 1. The van der Waals surface area contributed by atoms with E-state index in [1.807, 2.05) is 16.7 Å². The molecular weight excluding hydrogens is 340 g/mol. The van der Waals surface area contributed by atoms with Crippen LogP contribution in [-0.4, -0.2) is 46.6 Å². The molecule has 4 rings (SSSR count). The lowest BCUT2D eigenvalue weighted by Crippen LogP contribution is -2.46. The van der Waals surface area contributed by atoms with E-state index in [-0.39, 0.29) is 6.42 Å². The number of carboxylic acid groups (broad SMARTS) is 1. The number of hydrogen-bond acceptors (Lipinski definition) is 4. The van der Waals surface area contributed by atoms with Gasteiger partial charge in [-0.15, -0.1) is 0 Å². The minimum atomic E-state index is -0.860. The Kier molecular flexibility index (Phi) is 4.48. The summed E-state index contributed by atoms with van der Waals surface area (Å²) < 4.78 is 1.92. The van der Waals surface area contributed by atoms with E-state index in [0.717, 1.165) is 37.5 Å². The van der Waals surface area contributed by atoms with Crippen LogP contribution in [0.15, 0.2) is 42.7 Å². The van der Waals surface area contributed by atoms with E-state index in [0.29, 0.717) is 5.69 Å². The van der Waals surface area contributed by atoms with Crippen LogP contribution in [0.1, 0.15) is 16.8 Å². The average molecular weight is 364 g/mol. The Balaban J connectivity index is 1.49. The van der Waals surface area contributed by atoms with Gasteiger partial charge in [0, 0.05) is 44.3 Å². The minimum absolute atomic E-state index is 0.0501. The highest BCUT2D eigenvalue weighted by Gasteiger charge is 2.19. The molecule has 0 amide bonds. The van der Waals surface area contributed by atoms with E-state index >= 15 is 0 Å². The lowest BCUT2D eigenvalue weighted by Gasteiger charge is -2.38. The number of imidazole rings is 1. The van der Waals surface area contributed by atoms with Crippen molar-refractivity contribution in [2.45, 2.75) is 20.3 Å². The predicted octanol–water partition coefficient (Wildman–Crippen LogP) is 2.90. The zero-order valence-electron chi connectivity index (χ0n) is 15.7. The van der Waals surface area contributed by atoms with Gasteiger partial charge in [0.25, 0.3) is 0 Å². The third-order valence-electron chi connectivity index (χ3n) is 5.38. The molecule has 0 aliphatic carbocycles. The van der Waals surface area contributed by atoms with E-state index in [4.69, 9.17) is 5.11 Å². The highest BCUT2D eigenvalue weighted by atomic mass is 16.4. The van der Waals surface area contributed by atoms with Crippen LogP contribution in [0.5, 0.6) is 0 Å². The Morgan fingerprint density at radius 1 is 1.04 bits per heavy atom. The maximum absolute atomic E-state index is 10.9. The van der Waals surface area contributed by atoms with E-state index in [1.54, 1.807) is 6.20 Å². The molecule has 3 aromatic rings. The van der Waals surface area contributed by atoms with Crippen molar-refractivity contribution in [1.29, 1.82) is 0 Å². The maximum atomic E-state index is 10.9. The van der Waals surface area contributed by atoms with Crippen molar-refractivity contribution < 1.29 is 9.90 Å². The molecule has 0 bridgehead atoms. The number of carbonyl (C=O) groups is 1. The zero-order valence-corrected chi connectivity index (χ0v) is 15.7. The number of nitrogens with zero attached hydrogens (tertiary/aromatic N) is 4. The second-order valence-electron chi connectivity index (χ2n) is 7.15. The number of fused-ring (bicyclic) bond motifs is 1. The number of pyridine rings is 1. The molecule has 0 saturated carbocycles. The van der Waals surface area contributed by atoms with Crippen LogP contribution in [0.3, 0.4) is 0 Å². The van der Waals surface area contributed by atoms with Crippen molar-refractivity contribution in [3.8, 4) is 0 Å². The number of anilines is 2. The van der Waals surface area contributed by atoms with Gasteiger partial charge < -0.3 is 19.3 Å². The zero-order chi connectivity index (χ0) is 19.0. The van der Waals surface area contributed by atoms with Crippen molar-refractivity contribution in [3.63, 3.8) is 0 Å². The number of carboxylic acids is 1. The Morgan fingerprint density at radius 3 is 2.52 bits per heavy atom. The lowest BCUT2D eigenvalue weighted by atomic mass is 10.1. The summed E-state index contributed by atoms with van der Waals surface area (Å²) in [5.74, 6) is -0.860. The van der Waals surface area contributed by atoms with E-state index in [2.05, 4.69) is 52.9 Å². The fraction of sp³-hybridized carbons (Fsp3) is 0.333. The summed E-state index contributed by atoms with van der Waals surface area (Å²) in [7, 11) is 0. The molecule has 1 aliphatic rings. The second kappa shape index (κ2) is 6.95. The Morgan fingerprint density at radius 2 is 1.78 bits per heavy atom. The summed E-state index contributed by atoms with van der Waals surface area (Å²) >= 11 is 0. The third-order valence-corrected chi connectivity index (χ3v) is 5.38. The van der Waals surface area contributed by atoms with Crippen molar-refractivity contribution >= 4 is 23.0 Å². The van der Waals surface area contributed by atoms with Gasteiger partial charge in [0.1, 0.15) is 5.65 Å². The molecule has 0 atom stereocenters. The number of aryl methyl sites for hydroxylation is 1. The molecule has 140 valence electrons. The normalized spacial score (nSPS) is 14.7. The minimum Gasteiger partial charge on any atom is -0.481 e. The van der Waals surface area contributed by atoms with Gasteiger partial charge in [0.15, 0.2) is 0 Å². The Bertz CT molecular complexity index is 987. The van der Waals surface area contributed by atoms with Crippen LogP contribution in [0.4, 0.5) is 11.4 Å². The molecule has 3 heterocycles. The topological polar surface area (TPSA) is 61.1 Å². The number of rotatable bonds is 4. The van der Waals surface area contributed by atoms with Gasteiger partial charge in [-0.2, -0.15) is 0 Å². The first kappa shape index (κ1) is 17.4. The number of aromatic nitrogens is 2. The van der Waals surface area contributed by atoms with E-state index < -0.39 is 5.97 Å². The maximum Gasteiger partial charge on any atom is 0.309 e. The third kappa shape index (κ3) is 3.47. The number of aliphatic carboxylic acids is 1. The van der Waals surface area contributed by atoms with Gasteiger partial charge in [-0.25, -0.2) is 4.98 Å². The van der Waals surface area contributed by atoms with Gasteiger partial charge in [0.2, 0.25) is 0 Å². The second-order valence-corrected chi connectivity index (χ2v) is 7.15. The number of hydrogen-bond donors (Lipinski definition) is 1. The van der Waals surface area contributed by atoms with Crippen LogP contribution in [-0.2, 0) is 11.2 Å². The monoisotopic (exact) mass is 364 g/mol. The highest BCUT2D eigenvalue weighted by molar-refractivity contribution is 5.70. The first-order chi connectivity index (χ1) is 13.0. The van der Waals surface area contributed by atoms with Gasteiger partial charge in [0.05, 0.1) is 17.8 Å². The summed E-state index contributed by atoms with van der Waals surface area (Å²) in [6.07, 6.45) is 3.80. The fourth-order valence-corrected chi connectivity index (χ4v) is 3.74. The van der Waals surface area contributed by atoms with E-state index in [1.165, 1.54) is 16.8 Å². The molecule has 27 heavy (non-hydrogen) atoms. The molecule has 0 radical (unpaired) electrons. The van der Waals surface area contributed by atoms with Gasteiger partial charge in [-0.05, 0) is 43.2 Å². The first-order valence-corrected chi connectivity index (χ1v) is 9.27. The summed E-state index contributed by atoms with van der Waals surface area (Å²) in [5, 5.41) is 8.94. The van der Waals surface area contributed by atoms with E-state index in [9.17, 15) is 4.79 Å². The molecular formula is C21H24N4O2. The standard InChI is InChI=1S/C21H24N4O2/c1-15-4-3-5-19(16(15)2)24-10-8-23(9-11-24)18-6-7-20-22-17(12-21(26)27)13-25(20)14-18/h3-7,13-14H,8-12H2,1-2H3,(H,26,27). The van der Waals surface area contributed by atoms with Crippen LogP contribution < -0.4 is 9.80 Å². The lowest BCUT2D eigenvalue weighted by molar-refractivity contribution is -0.136. The molecule has 1 saturated heterocycles. The SMILES string of the molecule is Cc1cccc(N2CCN(c3ccc4nc(CC(=O)O)cn4c3)CC2)c1C. The molecule has 1 fully saturated rings. The van der Waals surface area contributed by atoms with Gasteiger partial charge in [-0.3, -0.25) is 4.79 Å². The molecule has 2 aromatic heterocycles. The van der Waals surface area contributed by atoms with Crippen molar-refractivity contribution in [2.75, 3.05) is 36.0 Å². The molecule has 0 spiro atoms. The molecule has 6 heteroatoms. The highest BCUT2D eigenvalue weighted by Crippen LogP contribution is 2.25. The quantitative estimate of drug-likeness (QED) is 0.771. The van der Waals surface area contributed by atoms with Crippen molar-refractivity contribution in [1.82, 2.24) is 9.38 Å². The van der Waals surface area contributed by atoms with Gasteiger partial charge in [-0.1, -0.05) is 12.1 Å². The molecule has 0 unspecified atom stereocenters. The largest absolute Gasteiger partial charge is 0.481 e. The Labute approximate surface area is 158 Å². The van der Waals surface area contributed by atoms with Crippen molar-refractivity contribution in [2.24, 2.45) is 0 Å². The molecule has 6 nitrogen and oxygen atoms in total. The predicted molar refractivity (Wildman–Crippen MR) is 107 cm³/mol. The molecule has 1 aliphatic heterocycles. The fourth-order valence-electron chi connectivity index (χ4n) is 3.74. The summed E-state index contributed by atoms with van der Waals surface area (Å²) in [6, 6.07) is 10.5. The van der Waals surface area contributed by atoms with Crippen LogP contribution in [0.25, 0.3) is 5.65 Å². The number of piperazine rings is 1.